The van der Waals surface area contributed by atoms with Gasteiger partial charge in [0.15, 0.2) is 0 Å². The van der Waals surface area contributed by atoms with E-state index in [4.69, 9.17) is 14.2 Å². The number of ether oxygens (including phenoxy) is 3. The molecule has 2 aromatic carbocycles. The number of carbonyl (C=O) groups excluding carboxylic acids is 1. The van der Waals surface area contributed by atoms with Gasteiger partial charge in [0.2, 0.25) is 0 Å². The predicted octanol–water partition coefficient (Wildman–Crippen LogP) is 3.10. The summed E-state index contributed by atoms with van der Waals surface area (Å²) in [6.07, 6.45) is 0.928. The Kier molecular flexibility index (Phi) is 7.19. The third-order valence-electron chi connectivity index (χ3n) is 5.20. The lowest BCUT2D eigenvalue weighted by molar-refractivity contribution is 0.148. The van der Waals surface area contributed by atoms with Crippen LogP contribution in [0.1, 0.15) is 5.56 Å². The van der Waals surface area contributed by atoms with E-state index in [1.54, 1.807) is 39.5 Å². The van der Waals surface area contributed by atoms with Gasteiger partial charge in [-0.05, 0) is 30.2 Å². The summed E-state index contributed by atoms with van der Waals surface area (Å²) in [5.74, 6) is 2.20. The molecule has 2 aromatic rings. The lowest BCUT2D eigenvalue weighted by atomic mass is 10.1. The number of anilines is 1. The topological polar surface area (TPSA) is 63.3 Å². The molecule has 0 aromatic heterocycles. The number of urea groups is 1. The fraction of sp³-hybridized carbons (Fsp3) is 0.409. The van der Waals surface area contributed by atoms with Crippen LogP contribution in [0, 0.1) is 0 Å². The zero-order valence-corrected chi connectivity index (χ0v) is 17.3. The number of piperazine rings is 1. The van der Waals surface area contributed by atoms with Gasteiger partial charge in [0.25, 0.3) is 0 Å². The van der Waals surface area contributed by atoms with Gasteiger partial charge in [-0.1, -0.05) is 18.2 Å². The first-order valence-electron chi connectivity index (χ1n) is 9.76. The molecule has 1 heterocycles. The van der Waals surface area contributed by atoms with Crippen LogP contribution in [0.4, 0.5) is 10.5 Å². The van der Waals surface area contributed by atoms with Crippen LogP contribution in [-0.4, -0.2) is 69.9 Å². The summed E-state index contributed by atoms with van der Waals surface area (Å²) < 4.78 is 16.0. The molecule has 3 rings (SSSR count). The molecule has 0 bridgehead atoms. The van der Waals surface area contributed by atoms with Gasteiger partial charge in [0.1, 0.15) is 17.2 Å². The van der Waals surface area contributed by atoms with Gasteiger partial charge in [-0.15, -0.1) is 0 Å². The molecule has 1 N–H and O–H groups in total. The van der Waals surface area contributed by atoms with Gasteiger partial charge >= 0.3 is 6.03 Å². The quantitative estimate of drug-likeness (QED) is 0.775. The Balaban J connectivity index is 1.51. The van der Waals surface area contributed by atoms with Gasteiger partial charge < -0.3 is 24.4 Å². The number of para-hydroxylation sites is 1. The molecule has 7 heteroatoms. The van der Waals surface area contributed by atoms with Crippen molar-refractivity contribution >= 4 is 11.7 Å². The number of amides is 2. The van der Waals surface area contributed by atoms with Crippen LogP contribution in [0.15, 0.2) is 42.5 Å². The van der Waals surface area contributed by atoms with Crippen molar-refractivity contribution in [2.75, 3.05) is 59.4 Å². The number of benzene rings is 2. The average Bonchev–Trinajstić information content (AvgIpc) is 2.78. The molecule has 1 aliphatic rings. The Morgan fingerprint density at radius 3 is 2.34 bits per heavy atom. The highest BCUT2D eigenvalue weighted by Gasteiger charge is 2.22. The minimum atomic E-state index is -0.124. The summed E-state index contributed by atoms with van der Waals surface area (Å²) >= 11 is 0. The number of carbonyl (C=O) groups is 1. The van der Waals surface area contributed by atoms with E-state index in [0.717, 1.165) is 31.8 Å². The third-order valence-corrected chi connectivity index (χ3v) is 5.20. The molecule has 0 spiro atoms. The zero-order chi connectivity index (χ0) is 20.6. The summed E-state index contributed by atoms with van der Waals surface area (Å²) in [6, 6.07) is 13.3. The zero-order valence-electron chi connectivity index (χ0n) is 17.3. The standard InChI is InChI=1S/C22H29N3O4/c1-27-18-8-9-21(29-3)19(16-18)23-22(26)25-14-12-24(13-15-25)11-10-17-6-4-5-7-20(17)28-2/h4-9,16H,10-15H2,1-3H3,(H,23,26). The average molecular weight is 399 g/mol. The molecule has 29 heavy (non-hydrogen) atoms. The van der Waals surface area contributed by atoms with E-state index >= 15 is 0 Å². The van der Waals surface area contributed by atoms with Crippen LogP contribution in [0.25, 0.3) is 0 Å². The highest BCUT2D eigenvalue weighted by atomic mass is 16.5. The van der Waals surface area contributed by atoms with Crippen LogP contribution in [-0.2, 0) is 6.42 Å². The lowest BCUT2D eigenvalue weighted by Gasteiger charge is -2.34. The van der Waals surface area contributed by atoms with Crippen molar-refractivity contribution in [2.45, 2.75) is 6.42 Å². The first-order valence-corrected chi connectivity index (χ1v) is 9.76. The maximum atomic E-state index is 12.7. The van der Waals surface area contributed by atoms with E-state index in [9.17, 15) is 4.79 Å². The molecule has 2 amide bonds. The number of hydrogen-bond donors (Lipinski definition) is 1. The Labute approximate surface area is 172 Å². The number of rotatable bonds is 7. The molecule has 0 atom stereocenters. The minimum absolute atomic E-state index is 0.124. The van der Waals surface area contributed by atoms with Crippen LogP contribution >= 0.6 is 0 Å². The van der Waals surface area contributed by atoms with Crippen molar-refractivity contribution in [3.8, 4) is 17.2 Å². The Hall–Kier alpha value is -2.93. The first-order chi connectivity index (χ1) is 14.1. The molecule has 0 saturated carbocycles. The van der Waals surface area contributed by atoms with Gasteiger partial charge in [0, 0.05) is 38.8 Å². The Morgan fingerprint density at radius 2 is 1.66 bits per heavy atom. The fourth-order valence-corrected chi connectivity index (χ4v) is 3.47. The molecule has 7 nitrogen and oxygen atoms in total. The minimum Gasteiger partial charge on any atom is -0.497 e. The highest BCUT2D eigenvalue weighted by Crippen LogP contribution is 2.29. The molecule has 0 radical (unpaired) electrons. The van der Waals surface area contributed by atoms with E-state index in [0.29, 0.717) is 30.3 Å². The molecule has 1 aliphatic heterocycles. The van der Waals surface area contributed by atoms with Crippen molar-refractivity contribution in [3.05, 3.63) is 48.0 Å². The van der Waals surface area contributed by atoms with Crippen molar-refractivity contribution in [3.63, 3.8) is 0 Å². The van der Waals surface area contributed by atoms with Crippen molar-refractivity contribution in [2.24, 2.45) is 0 Å². The van der Waals surface area contributed by atoms with E-state index in [-0.39, 0.29) is 6.03 Å². The summed E-state index contributed by atoms with van der Waals surface area (Å²) in [5.41, 5.74) is 1.82. The maximum Gasteiger partial charge on any atom is 0.322 e. The Morgan fingerprint density at radius 1 is 0.931 bits per heavy atom. The van der Waals surface area contributed by atoms with E-state index < -0.39 is 0 Å². The number of hydrogen-bond acceptors (Lipinski definition) is 5. The second-order valence-corrected chi connectivity index (χ2v) is 6.89. The normalized spacial score (nSPS) is 14.4. The molecule has 0 aliphatic carbocycles. The molecule has 1 saturated heterocycles. The number of nitrogens with one attached hydrogen (secondary N) is 1. The predicted molar refractivity (Wildman–Crippen MR) is 113 cm³/mol. The van der Waals surface area contributed by atoms with Crippen LogP contribution in [0.2, 0.25) is 0 Å². The first kappa shape index (κ1) is 20.8. The largest absolute Gasteiger partial charge is 0.497 e. The lowest BCUT2D eigenvalue weighted by Crippen LogP contribution is -2.50. The third kappa shape index (κ3) is 5.32. The molecule has 156 valence electrons. The summed E-state index contributed by atoms with van der Waals surface area (Å²) in [4.78, 5) is 16.9. The molecular formula is C22H29N3O4. The summed E-state index contributed by atoms with van der Waals surface area (Å²) in [6.45, 7) is 4.00. The smallest absolute Gasteiger partial charge is 0.322 e. The molecular weight excluding hydrogens is 370 g/mol. The SMILES string of the molecule is COc1ccc(OC)c(NC(=O)N2CCN(CCc3ccccc3OC)CC2)c1. The van der Waals surface area contributed by atoms with E-state index in [1.807, 2.05) is 23.1 Å². The Bertz CT molecular complexity index is 819. The monoisotopic (exact) mass is 399 g/mol. The van der Waals surface area contributed by atoms with Crippen LogP contribution < -0.4 is 19.5 Å². The van der Waals surface area contributed by atoms with Crippen LogP contribution in [0.3, 0.4) is 0 Å². The van der Waals surface area contributed by atoms with E-state index in [1.165, 1.54) is 5.56 Å². The van der Waals surface area contributed by atoms with Gasteiger partial charge in [-0.2, -0.15) is 0 Å². The molecule has 1 fully saturated rings. The fourth-order valence-electron chi connectivity index (χ4n) is 3.47. The van der Waals surface area contributed by atoms with Gasteiger partial charge in [-0.25, -0.2) is 4.79 Å². The highest BCUT2D eigenvalue weighted by molar-refractivity contribution is 5.91. The van der Waals surface area contributed by atoms with Gasteiger partial charge in [0.05, 0.1) is 27.0 Å². The maximum absolute atomic E-state index is 12.7. The van der Waals surface area contributed by atoms with E-state index in [2.05, 4.69) is 16.3 Å². The number of methoxy groups -OCH3 is 3. The van der Waals surface area contributed by atoms with Crippen molar-refractivity contribution < 1.29 is 19.0 Å². The van der Waals surface area contributed by atoms with Crippen molar-refractivity contribution in [1.82, 2.24) is 9.80 Å². The second-order valence-electron chi connectivity index (χ2n) is 6.89. The summed E-state index contributed by atoms with van der Waals surface area (Å²) in [7, 11) is 4.88. The van der Waals surface area contributed by atoms with Crippen LogP contribution in [0.5, 0.6) is 17.2 Å². The number of nitrogens with zero attached hydrogens (tertiary/aromatic N) is 2. The second kappa shape index (κ2) is 10.0. The van der Waals surface area contributed by atoms with Gasteiger partial charge in [-0.3, -0.25) is 4.90 Å². The summed E-state index contributed by atoms with van der Waals surface area (Å²) in [5, 5.41) is 2.94. The molecule has 0 unspecified atom stereocenters. The van der Waals surface area contributed by atoms with Crippen molar-refractivity contribution in [1.29, 1.82) is 0 Å².